The van der Waals surface area contributed by atoms with Crippen molar-refractivity contribution in [3.63, 3.8) is 0 Å². The maximum atomic E-state index is 10.4. The second kappa shape index (κ2) is 3.27. The van der Waals surface area contributed by atoms with Gasteiger partial charge in [0.05, 0.1) is 4.92 Å². The Morgan fingerprint density at radius 2 is 2.43 bits per heavy atom. The molecule has 6 heteroatoms. The summed E-state index contributed by atoms with van der Waals surface area (Å²) >= 11 is 4.27. The van der Waals surface area contributed by atoms with Gasteiger partial charge >= 0.3 is 5.69 Å². The van der Waals surface area contributed by atoms with Crippen molar-refractivity contribution < 1.29 is 4.92 Å². The predicted molar refractivity (Wildman–Crippen MR) is 54.4 cm³/mol. The number of thiol groups is 1. The second-order valence-corrected chi connectivity index (χ2v) is 4.13. The standard InChI is InChI=1S/C8H11N3O2S/c12-11(13)7-3-9-10(4-7)5-8(6-14)1-2-8/h3-4,14H,1-2,5-6H2. The van der Waals surface area contributed by atoms with Crippen molar-refractivity contribution in [3.05, 3.63) is 22.5 Å². The number of nitro groups is 1. The fourth-order valence-corrected chi connectivity index (χ4v) is 1.84. The van der Waals surface area contributed by atoms with Gasteiger partial charge in [-0.05, 0) is 24.0 Å². The van der Waals surface area contributed by atoms with Gasteiger partial charge in [0.15, 0.2) is 0 Å². The van der Waals surface area contributed by atoms with Crippen LogP contribution in [0.25, 0.3) is 0 Å². The highest BCUT2D eigenvalue weighted by molar-refractivity contribution is 7.80. The minimum atomic E-state index is -0.427. The summed E-state index contributed by atoms with van der Waals surface area (Å²) in [4.78, 5) is 9.98. The largest absolute Gasteiger partial charge is 0.306 e. The minimum Gasteiger partial charge on any atom is -0.265 e. The monoisotopic (exact) mass is 213 g/mol. The van der Waals surface area contributed by atoms with Crippen LogP contribution in [-0.4, -0.2) is 20.5 Å². The fourth-order valence-electron chi connectivity index (χ4n) is 1.42. The Kier molecular flexibility index (Phi) is 2.22. The summed E-state index contributed by atoms with van der Waals surface area (Å²) in [7, 11) is 0. The molecule has 0 bridgehead atoms. The third-order valence-electron chi connectivity index (χ3n) is 2.62. The summed E-state index contributed by atoms with van der Waals surface area (Å²) in [6, 6.07) is 0. The lowest BCUT2D eigenvalue weighted by molar-refractivity contribution is -0.385. The Morgan fingerprint density at radius 1 is 1.71 bits per heavy atom. The van der Waals surface area contributed by atoms with Crippen LogP contribution in [0.4, 0.5) is 5.69 Å². The molecule has 0 unspecified atom stereocenters. The van der Waals surface area contributed by atoms with E-state index in [4.69, 9.17) is 0 Å². The average Bonchev–Trinajstić information content (AvgIpc) is 2.75. The third kappa shape index (κ3) is 1.75. The van der Waals surface area contributed by atoms with Gasteiger partial charge in [-0.25, -0.2) is 0 Å². The van der Waals surface area contributed by atoms with Gasteiger partial charge < -0.3 is 0 Å². The summed E-state index contributed by atoms with van der Waals surface area (Å²) in [5.41, 5.74) is 0.295. The maximum Gasteiger partial charge on any atom is 0.306 e. The van der Waals surface area contributed by atoms with Crippen LogP contribution in [0.1, 0.15) is 12.8 Å². The van der Waals surface area contributed by atoms with Crippen LogP contribution in [-0.2, 0) is 6.54 Å². The Morgan fingerprint density at radius 3 is 2.86 bits per heavy atom. The third-order valence-corrected chi connectivity index (χ3v) is 3.29. The summed E-state index contributed by atoms with van der Waals surface area (Å²) in [5.74, 6) is 0.820. The second-order valence-electron chi connectivity index (χ2n) is 3.81. The van der Waals surface area contributed by atoms with E-state index >= 15 is 0 Å². The lowest BCUT2D eigenvalue weighted by Crippen LogP contribution is -2.13. The van der Waals surface area contributed by atoms with E-state index in [9.17, 15) is 10.1 Å². The average molecular weight is 213 g/mol. The molecule has 5 nitrogen and oxygen atoms in total. The Hall–Kier alpha value is -1.04. The van der Waals surface area contributed by atoms with E-state index in [1.807, 2.05) is 0 Å². The first-order chi connectivity index (χ1) is 6.65. The molecule has 1 aliphatic carbocycles. The topological polar surface area (TPSA) is 61.0 Å². The van der Waals surface area contributed by atoms with Gasteiger partial charge in [0.2, 0.25) is 0 Å². The van der Waals surface area contributed by atoms with Crippen molar-refractivity contribution in [2.24, 2.45) is 5.41 Å². The van der Waals surface area contributed by atoms with E-state index in [-0.39, 0.29) is 11.1 Å². The van der Waals surface area contributed by atoms with E-state index in [1.54, 1.807) is 4.68 Å². The van der Waals surface area contributed by atoms with Crippen LogP contribution in [0.3, 0.4) is 0 Å². The number of hydrogen-bond donors (Lipinski definition) is 1. The summed E-state index contributed by atoms with van der Waals surface area (Å²) in [6.45, 7) is 0.740. The van der Waals surface area contributed by atoms with Crippen molar-refractivity contribution in [1.82, 2.24) is 9.78 Å². The van der Waals surface area contributed by atoms with Crippen LogP contribution in [0.5, 0.6) is 0 Å². The molecule has 1 aromatic heterocycles. The zero-order valence-electron chi connectivity index (χ0n) is 7.59. The molecule has 0 aliphatic heterocycles. The zero-order valence-corrected chi connectivity index (χ0v) is 8.48. The van der Waals surface area contributed by atoms with Crippen molar-refractivity contribution in [1.29, 1.82) is 0 Å². The molecule has 1 fully saturated rings. The summed E-state index contributed by atoms with van der Waals surface area (Å²) < 4.78 is 1.64. The first-order valence-electron chi connectivity index (χ1n) is 4.43. The fraction of sp³-hybridized carbons (Fsp3) is 0.625. The molecule has 1 aromatic rings. The van der Waals surface area contributed by atoms with Gasteiger partial charge in [0.25, 0.3) is 0 Å². The molecule has 76 valence electrons. The van der Waals surface area contributed by atoms with Gasteiger partial charge in [0, 0.05) is 6.54 Å². The van der Waals surface area contributed by atoms with Crippen molar-refractivity contribution in [2.45, 2.75) is 19.4 Å². The molecule has 0 N–H and O–H groups in total. The molecule has 14 heavy (non-hydrogen) atoms. The Labute approximate surface area is 86.7 Å². The number of rotatable bonds is 4. The molecule has 0 amide bonds. The molecule has 1 aliphatic rings. The zero-order chi connectivity index (χ0) is 10.2. The lowest BCUT2D eigenvalue weighted by Gasteiger charge is -2.10. The molecule has 2 rings (SSSR count). The van der Waals surface area contributed by atoms with E-state index < -0.39 is 4.92 Å². The van der Waals surface area contributed by atoms with E-state index in [0.717, 1.165) is 25.1 Å². The number of hydrogen-bond acceptors (Lipinski definition) is 4. The van der Waals surface area contributed by atoms with Gasteiger partial charge in [-0.1, -0.05) is 0 Å². The summed E-state index contributed by atoms with van der Waals surface area (Å²) in [5, 5.41) is 14.4. The SMILES string of the molecule is O=[N+]([O-])c1cnn(CC2(CS)CC2)c1. The van der Waals surface area contributed by atoms with Gasteiger partial charge in [-0.2, -0.15) is 17.7 Å². The molecule has 0 aromatic carbocycles. The van der Waals surface area contributed by atoms with Gasteiger partial charge in [-0.15, -0.1) is 0 Å². The van der Waals surface area contributed by atoms with Crippen molar-refractivity contribution in [2.75, 3.05) is 5.75 Å². The molecule has 0 spiro atoms. The van der Waals surface area contributed by atoms with Gasteiger partial charge in [-0.3, -0.25) is 14.8 Å². The summed E-state index contributed by atoms with van der Waals surface area (Å²) in [6.07, 6.45) is 5.05. The van der Waals surface area contributed by atoms with Crippen molar-refractivity contribution >= 4 is 18.3 Å². The minimum absolute atomic E-state index is 0.0555. The van der Waals surface area contributed by atoms with Crippen LogP contribution in [0.15, 0.2) is 12.4 Å². The molecular formula is C8H11N3O2S. The lowest BCUT2D eigenvalue weighted by atomic mass is 10.1. The number of nitrogens with zero attached hydrogens (tertiary/aromatic N) is 3. The van der Waals surface area contributed by atoms with Crippen LogP contribution in [0.2, 0.25) is 0 Å². The highest BCUT2D eigenvalue weighted by Gasteiger charge is 2.41. The van der Waals surface area contributed by atoms with E-state index in [2.05, 4.69) is 17.7 Å². The normalized spacial score (nSPS) is 18.1. The first kappa shape index (κ1) is 9.51. The van der Waals surface area contributed by atoms with Gasteiger partial charge in [0.1, 0.15) is 12.4 Å². The van der Waals surface area contributed by atoms with E-state index in [0.29, 0.717) is 0 Å². The van der Waals surface area contributed by atoms with Crippen LogP contribution >= 0.6 is 12.6 Å². The molecule has 0 saturated heterocycles. The molecule has 0 radical (unpaired) electrons. The number of aromatic nitrogens is 2. The van der Waals surface area contributed by atoms with Crippen molar-refractivity contribution in [3.8, 4) is 0 Å². The molecule has 1 saturated carbocycles. The highest BCUT2D eigenvalue weighted by Crippen LogP contribution is 2.47. The molecule has 0 atom stereocenters. The quantitative estimate of drug-likeness (QED) is 0.468. The first-order valence-corrected chi connectivity index (χ1v) is 5.06. The van der Waals surface area contributed by atoms with E-state index in [1.165, 1.54) is 12.4 Å². The Bertz CT molecular complexity index is 359. The maximum absolute atomic E-state index is 10.4. The van der Waals surface area contributed by atoms with Crippen LogP contribution < -0.4 is 0 Å². The highest BCUT2D eigenvalue weighted by atomic mass is 32.1. The smallest absolute Gasteiger partial charge is 0.265 e. The molecular weight excluding hydrogens is 202 g/mol. The molecule has 1 heterocycles. The predicted octanol–water partition coefficient (Wildman–Crippen LogP) is 1.50. The Balaban J connectivity index is 2.07. The van der Waals surface area contributed by atoms with Crippen LogP contribution in [0, 0.1) is 15.5 Å².